The molecular weight excluding hydrogens is 343 g/mol. The van der Waals surface area contributed by atoms with E-state index in [2.05, 4.69) is 6.92 Å². The average molecular weight is 374 g/mol. The molecule has 6 heteroatoms. The number of aliphatic hydroxyl groups excluding tert-OH is 2. The van der Waals surface area contributed by atoms with Gasteiger partial charge in [0, 0.05) is 30.6 Å². The molecule has 2 N–H and O–H groups in total. The van der Waals surface area contributed by atoms with E-state index < -0.39 is 18.2 Å². The van der Waals surface area contributed by atoms with Gasteiger partial charge in [0.05, 0.1) is 18.0 Å². The predicted molar refractivity (Wildman–Crippen MR) is 93.3 cm³/mol. The van der Waals surface area contributed by atoms with Gasteiger partial charge in [-0.2, -0.15) is 0 Å². The van der Waals surface area contributed by atoms with E-state index in [1.54, 1.807) is 0 Å². The van der Waals surface area contributed by atoms with Crippen LogP contribution in [0.3, 0.4) is 0 Å². The number of fused-ring (bicyclic) bond motifs is 1. The number of carboxylic acids is 1. The molecule has 0 aromatic rings. The number of ether oxygens (including phenoxy) is 1. The van der Waals surface area contributed by atoms with E-state index in [4.69, 9.17) is 4.74 Å². The van der Waals surface area contributed by atoms with Crippen LogP contribution in [0.1, 0.15) is 64.7 Å². The molecule has 0 radical (unpaired) electrons. The maximum absolute atomic E-state index is 10.4. The Labute approximate surface area is 178 Å². The second-order valence-corrected chi connectivity index (χ2v) is 7.29. The molecule has 2 aliphatic rings. The minimum absolute atomic E-state index is 0. The molecule has 0 unspecified atom stereocenters. The second-order valence-electron chi connectivity index (χ2n) is 7.29. The van der Waals surface area contributed by atoms with Crippen LogP contribution in [0.5, 0.6) is 0 Å². The molecule has 2 fully saturated rings. The zero-order chi connectivity index (χ0) is 18.2. The van der Waals surface area contributed by atoms with Crippen molar-refractivity contribution in [1.82, 2.24) is 0 Å². The van der Waals surface area contributed by atoms with Gasteiger partial charge >= 0.3 is 29.6 Å². The molecule has 26 heavy (non-hydrogen) atoms. The topological polar surface area (TPSA) is 89.8 Å². The fourth-order valence-electron chi connectivity index (χ4n) is 3.85. The fourth-order valence-corrected chi connectivity index (χ4v) is 3.85. The summed E-state index contributed by atoms with van der Waals surface area (Å²) >= 11 is 0. The molecule has 0 spiro atoms. The summed E-state index contributed by atoms with van der Waals surface area (Å²) in [5.41, 5.74) is 0. The Morgan fingerprint density at radius 3 is 2.85 bits per heavy atom. The van der Waals surface area contributed by atoms with Gasteiger partial charge in [0.25, 0.3) is 0 Å². The number of aliphatic hydroxyl groups is 2. The molecule has 1 aliphatic heterocycles. The van der Waals surface area contributed by atoms with E-state index >= 15 is 0 Å². The number of aliphatic carboxylic acids is 1. The summed E-state index contributed by atoms with van der Waals surface area (Å²) in [5, 5.41) is 30.7. The van der Waals surface area contributed by atoms with Crippen molar-refractivity contribution in [3.05, 3.63) is 24.0 Å². The minimum Gasteiger partial charge on any atom is -0.550 e. The quantitative estimate of drug-likeness (QED) is 0.293. The van der Waals surface area contributed by atoms with Crippen molar-refractivity contribution >= 4 is 5.97 Å². The number of carbonyl (C=O) groups excluding carboxylic acids is 1. The molecular formula is C20H31NaO5. The first-order valence-corrected chi connectivity index (χ1v) is 9.61. The second kappa shape index (κ2) is 12.2. The third kappa shape index (κ3) is 7.35. The molecule has 5 nitrogen and oxygen atoms in total. The minimum atomic E-state index is -1.02. The van der Waals surface area contributed by atoms with E-state index in [1.165, 1.54) is 0 Å². The standard InChI is InChI=1S/C20H32O5.Na/c1-2-3-4-7-14(21)10-11-16-17-12-15(8-5-6-9-20(23)24)25-19(17)13-18(16)22;/h8,10-11,14,16-19,21-22H,2-7,9,12-13H2,1H3,(H,23,24);/q;+1/p-1/b11-10+,15-8-;/t14-,16+,17+,18+,19-;/m1./s1. The van der Waals surface area contributed by atoms with Crippen molar-refractivity contribution in [2.24, 2.45) is 11.8 Å². The van der Waals surface area contributed by atoms with Gasteiger partial charge in [-0.25, -0.2) is 0 Å². The maximum Gasteiger partial charge on any atom is 1.00 e. The zero-order valence-electron chi connectivity index (χ0n) is 16.1. The monoisotopic (exact) mass is 374 g/mol. The van der Waals surface area contributed by atoms with E-state index in [9.17, 15) is 20.1 Å². The largest absolute Gasteiger partial charge is 1.00 e. The summed E-state index contributed by atoms with van der Waals surface area (Å²) < 4.78 is 5.92. The fraction of sp³-hybridized carbons (Fsp3) is 0.750. The molecule has 142 valence electrons. The summed E-state index contributed by atoms with van der Waals surface area (Å²) in [6.07, 6.45) is 11.6. The summed E-state index contributed by atoms with van der Waals surface area (Å²) in [6.45, 7) is 2.14. The third-order valence-corrected chi connectivity index (χ3v) is 5.25. The molecule has 2 rings (SSSR count). The Kier molecular flexibility index (Phi) is 11.1. The first-order chi connectivity index (χ1) is 12.0. The number of rotatable bonds is 10. The van der Waals surface area contributed by atoms with Gasteiger partial charge in [0.15, 0.2) is 0 Å². The maximum atomic E-state index is 10.4. The van der Waals surface area contributed by atoms with Gasteiger partial charge in [-0.15, -0.1) is 0 Å². The molecule has 1 saturated carbocycles. The molecule has 1 heterocycles. The van der Waals surface area contributed by atoms with Crippen LogP contribution in [-0.4, -0.2) is 34.5 Å². The number of unbranched alkanes of at least 4 members (excludes halogenated alkanes) is 3. The third-order valence-electron chi connectivity index (χ3n) is 5.25. The van der Waals surface area contributed by atoms with Gasteiger partial charge in [-0.05, 0) is 31.8 Å². The van der Waals surface area contributed by atoms with Crippen LogP contribution in [0, 0.1) is 11.8 Å². The Balaban J connectivity index is 0.00000338. The summed E-state index contributed by atoms with van der Waals surface area (Å²) in [5.74, 6) is 0.136. The van der Waals surface area contributed by atoms with Crippen LogP contribution in [0.25, 0.3) is 0 Å². The molecule has 5 atom stereocenters. The SMILES string of the molecule is CCCCC[C@@H](O)/C=C/[C@H]1[C@@H]2C/C(=C/CCCC(=O)[O-])O[C@@H]2C[C@@H]1O.[Na+]. The van der Waals surface area contributed by atoms with Gasteiger partial charge in [0.2, 0.25) is 0 Å². The Morgan fingerprint density at radius 1 is 1.38 bits per heavy atom. The van der Waals surface area contributed by atoms with Gasteiger partial charge < -0.3 is 24.9 Å². The van der Waals surface area contributed by atoms with Crippen molar-refractivity contribution in [2.75, 3.05) is 0 Å². The molecule has 0 bridgehead atoms. The zero-order valence-corrected chi connectivity index (χ0v) is 18.1. The normalized spacial score (nSPS) is 30.2. The molecule has 0 aromatic heterocycles. The van der Waals surface area contributed by atoms with Crippen LogP contribution in [0.15, 0.2) is 24.0 Å². The van der Waals surface area contributed by atoms with Crippen molar-refractivity contribution in [3.8, 4) is 0 Å². The van der Waals surface area contributed by atoms with Crippen LogP contribution in [0.2, 0.25) is 0 Å². The number of carbonyl (C=O) groups is 1. The Bertz CT molecular complexity index is 491. The summed E-state index contributed by atoms with van der Waals surface area (Å²) in [7, 11) is 0. The molecule has 1 saturated heterocycles. The predicted octanol–water partition coefficient (Wildman–Crippen LogP) is -0.922. The van der Waals surface area contributed by atoms with Crippen molar-refractivity contribution in [3.63, 3.8) is 0 Å². The Hall–Kier alpha value is -0.330. The van der Waals surface area contributed by atoms with Crippen molar-refractivity contribution in [1.29, 1.82) is 0 Å². The smallest absolute Gasteiger partial charge is 0.550 e. The Morgan fingerprint density at radius 2 is 2.15 bits per heavy atom. The van der Waals surface area contributed by atoms with E-state index in [0.717, 1.165) is 37.9 Å². The number of hydrogen-bond acceptors (Lipinski definition) is 5. The van der Waals surface area contributed by atoms with Crippen LogP contribution in [0.4, 0.5) is 0 Å². The van der Waals surface area contributed by atoms with E-state index in [-0.39, 0.29) is 53.9 Å². The number of allylic oxidation sites excluding steroid dienone is 2. The molecule has 0 amide bonds. The van der Waals surface area contributed by atoms with Crippen LogP contribution < -0.4 is 34.7 Å². The van der Waals surface area contributed by atoms with E-state index in [0.29, 0.717) is 19.3 Å². The molecule has 1 aliphatic carbocycles. The van der Waals surface area contributed by atoms with Gasteiger partial charge in [-0.3, -0.25) is 0 Å². The summed E-state index contributed by atoms with van der Waals surface area (Å²) in [6, 6.07) is 0. The molecule has 0 aromatic carbocycles. The van der Waals surface area contributed by atoms with Crippen molar-refractivity contribution in [2.45, 2.75) is 83.0 Å². The first-order valence-electron chi connectivity index (χ1n) is 9.61. The number of carboxylic acid groups (broad SMARTS) is 1. The van der Waals surface area contributed by atoms with Crippen LogP contribution >= 0.6 is 0 Å². The summed E-state index contributed by atoms with van der Waals surface area (Å²) in [4.78, 5) is 10.4. The van der Waals surface area contributed by atoms with Crippen molar-refractivity contribution < 1.29 is 54.4 Å². The van der Waals surface area contributed by atoms with Gasteiger partial charge in [-0.1, -0.05) is 38.3 Å². The van der Waals surface area contributed by atoms with Crippen LogP contribution in [-0.2, 0) is 9.53 Å². The first kappa shape index (κ1) is 23.7. The average Bonchev–Trinajstić information content (AvgIpc) is 3.06. The van der Waals surface area contributed by atoms with Gasteiger partial charge in [0.1, 0.15) is 6.10 Å². The number of hydrogen-bond donors (Lipinski definition) is 2. The van der Waals surface area contributed by atoms with E-state index in [1.807, 2.05) is 18.2 Å².